The molecule has 8 fully saturated rings. The first-order valence-corrected chi connectivity index (χ1v) is 12.3. The van der Waals surface area contributed by atoms with Gasteiger partial charge in [-0.15, -0.1) is 0 Å². The van der Waals surface area contributed by atoms with Gasteiger partial charge in [-0.2, -0.15) is 0 Å². The summed E-state index contributed by atoms with van der Waals surface area (Å²) >= 11 is 0. The molecule has 8 aliphatic carbocycles. The van der Waals surface area contributed by atoms with Crippen LogP contribution in [0.4, 0.5) is 0 Å². The number of hydrogen-bond acceptors (Lipinski definition) is 4. The maximum Gasteiger partial charge on any atom is 0.309 e. The van der Waals surface area contributed by atoms with Gasteiger partial charge in [0.05, 0.1) is 12.8 Å². The third kappa shape index (κ3) is 3.53. The second-order valence-corrected chi connectivity index (χ2v) is 12.3. The van der Waals surface area contributed by atoms with Gasteiger partial charge in [-0.1, -0.05) is 0 Å². The first-order valence-electron chi connectivity index (χ1n) is 12.3. The van der Waals surface area contributed by atoms with Crippen LogP contribution in [0.3, 0.4) is 0 Å². The van der Waals surface area contributed by atoms with Crippen molar-refractivity contribution in [2.24, 2.45) is 46.3 Å². The van der Waals surface area contributed by atoms with Crippen LogP contribution in [0.5, 0.6) is 0 Å². The van der Waals surface area contributed by atoms with E-state index in [0.717, 1.165) is 35.5 Å². The summed E-state index contributed by atoms with van der Waals surface area (Å²) in [6, 6.07) is 0. The van der Waals surface area contributed by atoms with E-state index >= 15 is 0 Å². The van der Waals surface area contributed by atoms with Crippen molar-refractivity contribution in [3.8, 4) is 0 Å². The van der Waals surface area contributed by atoms with Gasteiger partial charge < -0.3 is 9.47 Å². The number of hydrogen-bond donors (Lipinski definition) is 0. The summed E-state index contributed by atoms with van der Waals surface area (Å²) in [5.41, 5.74) is 0.379. The third-order valence-corrected chi connectivity index (χ3v) is 9.81. The monoisotopic (exact) mass is 400 g/mol. The standard InChI is InChI=1S/C25H36O4/c26-22(13-24-7-16-1-17(8-24)3-18(2-16)9-24)28-15-29-23(27)14-25-10-19-4-20(11-25)6-21(5-19)12-25/h16-21H,1-15H2. The van der Waals surface area contributed by atoms with Crippen LogP contribution in [-0.2, 0) is 19.1 Å². The second kappa shape index (κ2) is 6.72. The Labute approximate surface area is 174 Å². The lowest BCUT2D eigenvalue weighted by Crippen LogP contribution is -2.47. The first kappa shape index (κ1) is 18.7. The molecule has 0 saturated heterocycles. The molecule has 160 valence electrons. The summed E-state index contributed by atoms with van der Waals surface area (Å²) in [6.07, 6.45) is 16.6. The molecule has 0 aromatic heterocycles. The van der Waals surface area contributed by atoms with Gasteiger partial charge in [-0.3, -0.25) is 9.59 Å². The zero-order valence-electron chi connectivity index (χ0n) is 17.7. The summed E-state index contributed by atoms with van der Waals surface area (Å²) in [4.78, 5) is 25.0. The fourth-order valence-corrected chi connectivity index (χ4v) is 9.89. The van der Waals surface area contributed by atoms with E-state index in [2.05, 4.69) is 0 Å². The van der Waals surface area contributed by atoms with Crippen molar-refractivity contribution in [2.45, 2.75) is 89.9 Å². The van der Waals surface area contributed by atoms with Crippen LogP contribution in [0, 0.1) is 46.3 Å². The predicted molar refractivity (Wildman–Crippen MR) is 107 cm³/mol. The molecule has 0 aromatic carbocycles. The Morgan fingerprint density at radius 3 is 1.10 bits per heavy atom. The molecule has 0 spiro atoms. The van der Waals surface area contributed by atoms with Crippen molar-refractivity contribution in [1.29, 1.82) is 0 Å². The predicted octanol–water partition coefficient (Wildman–Crippen LogP) is 5.24. The van der Waals surface area contributed by atoms with Crippen molar-refractivity contribution in [3.05, 3.63) is 0 Å². The topological polar surface area (TPSA) is 52.6 Å². The second-order valence-electron chi connectivity index (χ2n) is 12.3. The quantitative estimate of drug-likeness (QED) is 0.452. The molecule has 0 aliphatic heterocycles. The maximum atomic E-state index is 12.5. The fourth-order valence-electron chi connectivity index (χ4n) is 9.89. The van der Waals surface area contributed by atoms with Crippen LogP contribution in [-0.4, -0.2) is 18.7 Å². The van der Waals surface area contributed by atoms with Crippen LogP contribution >= 0.6 is 0 Å². The molecule has 4 heteroatoms. The van der Waals surface area contributed by atoms with Crippen molar-refractivity contribution in [3.63, 3.8) is 0 Å². The van der Waals surface area contributed by atoms with E-state index in [0.29, 0.717) is 12.8 Å². The van der Waals surface area contributed by atoms with Gasteiger partial charge in [-0.05, 0) is 123 Å². The van der Waals surface area contributed by atoms with Crippen molar-refractivity contribution >= 4 is 11.9 Å². The molecule has 29 heavy (non-hydrogen) atoms. The van der Waals surface area contributed by atoms with Gasteiger partial charge in [0, 0.05) is 0 Å². The lowest BCUT2D eigenvalue weighted by atomic mass is 9.49. The van der Waals surface area contributed by atoms with E-state index in [-0.39, 0.29) is 29.6 Å². The minimum absolute atomic E-state index is 0.158. The van der Waals surface area contributed by atoms with Gasteiger partial charge >= 0.3 is 11.9 Å². The van der Waals surface area contributed by atoms with E-state index < -0.39 is 0 Å². The molecule has 8 bridgehead atoms. The van der Waals surface area contributed by atoms with E-state index in [1.807, 2.05) is 0 Å². The Hall–Kier alpha value is -1.06. The van der Waals surface area contributed by atoms with Gasteiger partial charge in [-0.25, -0.2) is 0 Å². The summed E-state index contributed by atoms with van der Waals surface area (Å²) in [7, 11) is 0. The Morgan fingerprint density at radius 1 is 0.552 bits per heavy atom. The summed E-state index contributed by atoms with van der Waals surface area (Å²) in [6.45, 7) is -0.184. The zero-order valence-corrected chi connectivity index (χ0v) is 17.7. The third-order valence-electron chi connectivity index (χ3n) is 9.81. The van der Waals surface area contributed by atoms with E-state index in [1.165, 1.54) is 77.0 Å². The Bertz CT molecular complexity index is 566. The Kier molecular flexibility index (Phi) is 4.33. The average Bonchev–Trinajstić information content (AvgIpc) is 2.58. The lowest BCUT2D eigenvalue weighted by molar-refractivity contribution is -0.174. The van der Waals surface area contributed by atoms with Crippen LogP contribution < -0.4 is 0 Å². The van der Waals surface area contributed by atoms with Crippen molar-refractivity contribution < 1.29 is 19.1 Å². The molecular formula is C25H36O4. The van der Waals surface area contributed by atoms with E-state index in [4.69, 9.17) is 9.47 Å². The molecule has 0 N–H and O–H groups in total. The Morgan fingerprint density at radius 2 is 0.828 bits per heavy atom. The number of carbonyl (C=O) groups excluding carboxylic acids is 2. The Balaban J connectivity index is 0.975. The van der Waals surface area contributed by atoms with Crippen molar-refractivity contribution in [2.75, 3.05) is 6.79 Å². The lowest BCUT2D eigenvalue weighted by Gasteiger charge is -2.56. The first-order chi connectivity index (χ1) is 14.0. The molecule has 0 aromatic rings. The summed E-state index contributed by atoms with van der Waals surface area (Å²) in [5.74, 6) is 4.72. The van der Waals surface area contributed by atoms with Crippen LogP contribution in [0.2, 0.25) is 0 Å². The highest BCUT2D eigenvalue weighted by Crippen LogP contribution is 2.62. The summed E-state index contributed by atoms with van der Waals surface area (Å²) < 4.78 is 10.8. The number of ether oxygens (including phenoxy) is 2. The van der Waals surface area contributed by atoms with Crippen molar-refractivity contribution in [1.82, 2.24) is 0 Å². The van der Waals surface area contributed by atoms with Crippen LogP contribution in [0.15, 0.2) is 0 Å². The number of rotatable bonds is 6. The highest BCUT2D eigenvalue weighted by Gasteiger charge is 2.53. The van der Waals surface area contributed by atoms with Crippen LogP contribution in [0.1, 0.15) is 89.9 Å². The average molecular weight is 401 g/mol. The molecule has 8 aliphatic rings. The SMILES string of the molecule is O=C(CC12CC3CC(CC(C3)C1)C2)OCOC(=O)CC12CC3CC(CC(C3)C1)C2. The highest BCUT2D eigenvalue weighted by molar-refractivity contribution is 5.72. The van der Waals surface area contributed by atoms with Crippen LogP contribution in [0.25, 0.3) is 0 Å². The minimum atomic E-state index is -0.184. The normalized spacial score (nSPS) is 48.7. The number of carbonyl (C=O) groups is 2. The highest BCUT2D eigenvalue weighted by atomic mass is 16.7. The van der Waals surface area contributed by atoms with E-state index in [9.17, 15) is 9.59 Å². The smallest absolute Gasteiger partial charge is 0.309 e. The minimum Gasteiger partial charge on any atom is -0.428 e. The molecule has 0 amide bonds. The summed E-state index contributed by atoms with van der Waals surface area (Å²) in [5, 5.41) is 0. The molecule has 4 nitrogen and oxygen atoms in total. The molecule has 8 saturated carbocycles. The fraction of sp³-hybridized carbons (Fsp3) is 0.920. The molecule has 0 atom stereocenters. The number of esters is 2. The van der Waals surface area contributed by atoms with Gasteiger partial charge in [0.2, 0.25) is 6.79 Å². The molecular weight excluding hydrogens is 364 g/mol. The largest absolute Gasteiger partial charge is 0.428 e. The van der Waals surface area contributed by atoms with Gasteiger partial charge in [0.15, 0.2) is 0 Å². The molecule has 0 heterocycles. The molecule has 0 radical (unpaired) electrons. The van der Waals surface area contributed by atoms with E-state index in [1.54, 1.807) is 0 Å². The zero-order chi connectivity index (χ0) is 19.6. The molecule has 0 unspecified atom stereocenters. The van der Waals surface area contributed by atoms with Gasteiger partial charge in [0.1, 0.15) is 0 Å². The maximum absolute atomic E-state index is 12.5. The molecule has 8 rings (SSSR count). The van der Waals surface area contributed by atoms with Gasteiger partial charge in [0.25, 0.3) is 0 Å².